The number of hydrogen-bond donors (Lipinski definition) is 10. The molecule has 3 aliphatic heterocycles. The van der Waals surface area contributed by atoms with Gasteiger partial charge in [0.2, 0.25) is 17.7 Å². The summed E-state index contributed by atoms with van der Waals surface area (Å²) in [5, 5.41) is 80.0. The molecule has 0 aromatic rings. The van der Waals surface area contributed by atoms with E-state index < -0.39 is 123 Å². The Morgan fingerprint density at radius 1 is 0.619 bits per heavy atom. The van der Waals surface area contributed by atoms with Gasteiger partial charge in [-0.3, -0.25) is 14.4 Å². The number of ether oxygens (including phenoxy) is 5. The van der Waals surface area contributed by atoms with Crippen LogP contribution in [0.2, 0.25) is 0 Å². The van der Waals surface area contributed by atoms with Gasteiger partial charge in [0.05, 0.1) is 19.3 Å². The number of carbonyl (C=O) groups is 3. The van der Waals surface area contributed by atoms with Gasteiger partial charge in [-0.25, -0.2) is 0 Å². The van der Waals surface area contributed by atoms with Crippen molar-refractivity contribution in [1.82, 2.24) is 16.0 Å². The van der Waals surface area contributed by atoms with Gasteiger partial charge in [0.15, 0.2) is 18.9 Å². The summed E-state index contributed by atoms with van der Waals surface area (Å²) in [5.74, 6) is -1.88. The zero-order chi connectivity index (χ0) is 31.5. The van der Waals surface area contributed by atoms with Gasteiger partial charge in [-0.2, -0.15) is 0 Å². The van der Waals surface area contributed by atoms with Gasteiger partial charge in [0.25, 0.3) is 0 Å². The van der Waals surface area contributed by atoms with Crippen LogP contribution in [0.3, 0.4) is 0 Å². The van der Waals surface area contributed by atoms with Crippen molar-refractivity contribution in [2.24, 2.45) is 0 Å². The van der Waals surface area contributed by atoms with E-state index in [4.69, 9.17) is 23.7 Å². The maximum Gasteiger partial charge on any atom is 0.217 e. The molecule has 3 rings (SSSR count). The lowest BCUT2D eigenvalue weighted by Gasteiger charge is -2.50. The second kappa shape index (κ2) is 14.6. The predicted octanol–water partition coefficient (Wildman–Crippen LogP) is -6.11. The van der Waals surface area contributed by atoms with Crippen molar-refractivity contribution >= 4 is 17.7 Å². The maximum absolute atomic E-state index is 12.3. The number of amides is 3. The van der Waals surface area contributed by atoms with Crippen molar-refractivity contribution in [2.45, 2.75) is 120 Å². The van der Waals surface area contributed by atoms with Gasteiger partial charge in [0, 0.05) is 20.8 Å². The number of carbonyl (C=O) groups excluding carboxylic acids is 3. The molecule has 3 aliphatic rings. The molecule has 242 valence electrons. The second-order valence-corrected chi connectivity index (χ2v) is 10.5. The van der Waals surface area contributed by atoms with Crippen LogP contribution < -0.4 is 16.0 Å². The fourth-order valence-corrected chi connectivity index (χ4v) is 5.21. The highest BCUT2D eigenvalue weighted by Crippen LogP contribution is 2.32. The van der Waals surface area contributed by atoms with Crippen LogP contribution in [0.4, 0.5) is 0 Å². The Kier molecular flexibility index (Phi) is 12.0. The quantitative estimate of drug-likeness (QED) is 0.116. The maximum atomic E-state index is 12.3. The molecular formula is C24H41N3O15. The lowest BCUT2D eigenvalue weighted by molar-refractivity contribution is -0.343. The minimum Gasteiger partial charge on any atom is -0.394 e. The topological polar surface area (TPSA) is 275 Å². The van der Waals surface area contributed by atoms with Crippen LogP contribution in [0.5, 0.6) is 0 Å². The van der Waals surface area contributed by atoms with E-state index in [9.17, 15) is 50.1 Å². The lowest BCUT2D eigenvalue weighted by atomic mass is 9.93. The van der Waals surface area contributed by atoms with Gasteiger partial charge in [-0.05, 0) is 6.92 Å². The van der Waals surface area contributed by atoms with Crippen molar-refractivity contribution in [3.8, 4) is 0 Å². The summed E-state index contributed by atoms with van der Waals surface area (Å²) >= 11 is 0. The number of aliphatic hydroxyl groups excluding tert-OH is 7. The standard InChI is InChI=1S/C24H41N3O15/c1-7-16(33)21(42-23-13(25-8(2)30)19(36)17(34)11(5-28)40-23)15(27-10(4)32)24(38-7)41-20-14(26-9(3)31)22(37)39-12(6-29)18(20)35/h7,11-24,28-29,33-37H,5-6H2,1-4H3,(H,25,30)(H,26,31)(H,27,32)/t7-,11+,12+,13+,14+,15-,16+,17+,18+,19+,20+,21-,22+,23+,24-/m0/s1. The van der Waals surface area contributed by atoms with Gasteiger partial charge in [-0.1, -0.05) is 0 Å². The molecule has 3 saturated heterocycles. The fraction of sp³-hybridized carbons (Fsp3) is 0.875. The molecule has 10 N–H and O–H groups in total. The molecule has 42 heavy (non-hydrogen) atoms. The first-order valence-electron chi connectivity index (χ1n) is 13.4. The highest BCUT2D eigenvalue weighted by molar-refractivity contribution is 5.74. The molecule has 0 bridgehead atoms. The molecule has 0 aromatic heterocycles. The van der Waals surface area contributed by atoms with Gasteiger partial charge >= 0.3 is 0 Å². The van der Waals surface area contributed by atoms with Crippen LogP contribution in [0.15, 0.2) is 0 Å². The van der Waals surface area contributed by atoms with Crippen LogP contribution in [-0.2, 0) is 38.1 Å². The minimum atomic E-state index is -1.73. The van der Waals surface area contributed by atoms with Crippen LogP contribution >= 0.6 is 0 Å². The monoisotopic (exact) mass is 611 g/mol. The average molecular weight is 612 g/mol. The Bertz CT molecular complexity index is 945. The van der Waals surface area contributed by atoms with Gasteiger partial charge in [-0.15, -0.1) is 0 Å². The molecule has 18 nitrogen and oxygen atoms in total. The molecule has 0 aliphatic carbocycles. The molecular weight excluding hydrogens is 570 g/mol. The fourth-order valence-electron chi connectivity index (χ4n) is 5.21. The van der Waals surface area contributed by atoms with Crippen LogP contribution in [0.25, 0.3) is 0 Å². The Morgan fingerprint density at radius 3 is 1.60 bits per heavy atom. The summed E-state index contributed by atoms with van der Waals surface area (Å²) < 4.78 is 28.6. The highest BCUT2D eigenvalue weighted by Gasteiger charge is 2.54. The molecule has 3 heterocycles. The van der Waals surface area contributed by atoms with E-state index in [1.165, 1.54) is 6.92 Å². The van der Waals surface area contributed by atoms with Gasteiger partial charge < -0.3 is 75.4 Å². The SMILES string of the molecule is CC(=O)N[C@@H]1[C@H](O[C@H]2[C@H](O)[C@@H](CO)O[C@@H](O)[C@@H]2NC(C)=O)O[C@@H](C)[C@@H](O)[C@H]1O[C@H]1O[C@H](CO)[C@@H](O)[C@H](O)[C@H]1NC(C)=O. The predicted molar refractivity (Wildman–Crippen MR) is 135 cm³/mol. The second-order valence-electron chi connectivity index (χ2n) is 10.5. The van der Waals surface area contributed by atoms with Crippen molar-refractivity contribution in [2.75, 3.05) is 13.2 Å². The molecule has 3 amide bonds. The summed E-state index contributed by atoms with van der Waals surface area (Å²) in [6, 6.07) is -4.13. The molecule has 0 spiro atoms. The third kappa shape index (κ3) is 7.71. The number of hydrogen-bond acceptors (Lipinski definition) is 15. The third-order valence-electron chi connectivity index (χ3n) is 7.26. The van der Waals surface area contributed by atoms with Crippen molar-refractivity contribution < 1.29 is 73.8 Å². The van der Waals surface area contributed by atoms with Crippen LogP contribution in [0.1, 0.15) is 27.7 Å². The molecule has 0 aromatic carbocycles. The summed E-state index contributed by atoms with van der Waals surface area (Å²) in [6.07, 6.45) is -17.9. The summed E-state index contributed by atoms with van der Waals surface area (Å²) in [5.41, 5.74) is 0. The van der Waals surface area contributed by atoms with E-state index in [1.54, 1.807) is 0 Å². The van der Waals surface area contributed by atoms with Gasteiger partial charge in [0.1, 0.15) is 67.0 Å². The minimum absolute atomic E-state index is 0.614. The molecule has 0 radical (unpaired) electrons. The van der Waals surface area contributed by atoms with Crippen molar-refractivity contribution in [1.29, 1.82) is 0 Å². The molecule has 0 saturated carbocycles. The number of nitrogens with one attached hydrogen (secondary N) is 3. The summed E-state index contributed by atoms with van der Waals surface area (Å²) in [7, 11) is 0. The molecule has 18 heteroatoms. The van der Waals surface area contributed by atoms with E-state index in [1.807, 2.05) is 0 Å². The normalized spacial score (nSPS) is 44.2. The lowest BCUT2D eigenvalue weighted by Crippen LogP contribution is -2.71. The van der Waals surface area contributed by atoms with Crippen molar-refractivity contribution in [3.05, 3.63) is 0 Å². The zero-order valence-corrected chi connectivity index (χ0v) is 23.5. The molecule has 3 fully saturated rings. The van der Waals surface area contributed by atoms with E-state index >= 15 is 0 Å². The molecule has 0 unspecified atom stereocenters. The van der Waals surface area contributed by atoms with Crippen molar-refractivity contribution in [3.63, 3.8) is 0 Å². The van der Waals surface area contributed by atoms with Crippen LogP contribution in [0, 0.1) is 0 Å². The van der Waals surface area contributed by atoms with E-state index in [0.29, 0.717) is 0 Å². The smallest absolute Gasteiger partial charge is 0.217 e. The summed E-state index contributed by atoms with van der Waals surface area (Å²) in [6.45, 7) is 3.40. The first-order valence-corrected chi connectivity index (χ1v) is 13.4. The third-order valence-corrected chi connectivity index (χ3v) is 7.26. The highest BCUT2D eigenvalue weighted by atomic mass is 16.7. The Labute approximate surface area is 240 Å². The number of aliphatic hydroxyl groups is 7. The Hall–Kier alpha value is -2.07. The van der Waals surface area contributed by atoms with E-state index in [2.05, 4.69) is 16.0 Å². The molecule has 15 atom stereocenters. The van der Waals surface area contributed by atoms with E-state index in [-0.39, 0.29) is 0 Å². The van der Waals surface area contributed by atoms with Crippen LogP contribution in [-0.4, -0.2) is 159 Å². The summed E-state index contributed by atoms with van der Waals surface area (Å²) in [4.78, 5) is 35.9. The Balaban J connectivity index is 1.96. The Morgan fingerprint density at radius 2 is 1.07 bits per heavy atom. The average Bonchev–Trinajstić information content (AvgIpc) is 2.91. The zero-order valence-electron chi connectivity index (χ0n) is 23.5. The largest absolute Gasteiger partial charge is 0.394 e. The number of rotatable bonds is 9. The first-order chi connectivity index (χ1) is 19.7. The van der Waals surface area contributed by atoms with E-state index in [0.717, 1.165) is 20.8 Å². The first kappa shape index (κ1) is 34.4.